The van der Waals surface area contributed by atoms with Gasteiger partial charge in [0.15, 0.2) is 11.5 Å². The van der Waals surface area contributed by atoms with Gasteiger partial charge >= 0.3 is 0 Å². The highest BCUT2D eigenvalue weighted by atomic mass is 16.3. The summed E-state index contributed by atoms with van der Waals surface area (Å²) in [4.78, 5) is 32.1. The smallest absolute Gasteiger partial charge is 0.254 e. The fourth-order valence-corrected chi connectivity index (χ4v) is 4.08. The number of nitrogens with zero attached hydrogens (tertiary/aromatic N) is 4. The number of carbonyl (C=O) groups excluding carboxylic acids is 1. The number of aromatic nitrogens is 4. The van der Waals surface area contributed by atoms with Crippen LogP contribution in [-0.4, -0.2) is 37.3 Å². The predicted octanol–water partition coefficient (Wildman–Crippen LogP) is 3.61. The number of H-pyrrole nitrogens is 1. The Labute approximate surface area is 166 Å². The third kappa shape index (κ3) is 2.73. The van der Waals surface area contributed by atoms with E-state index in [0.717, 1.165) is 47.8 Å². The number of aromatic amines is 1. The zero-order valence-corrected chi connectivity index (χ0v) is 15.7. The normalized spacial score (nSPS) is 18.8. The third-order valence-electron chi connectivity index (χ3n) is 5.73. The lowest BCUT2D eigenvalue weighted by molar-refractivity contribution is 0.0687. The molecule has 1 aromatic carbocycles. The summed E-state index contributed by atoms with van der Waals surface area (Å²) in [5.74, 6) is 1.17. The second-order valence-electron chi connectivity index (χ2n) is 7.68. The van der Waals surface area contributed by atoms with Gasteiger partial charge in [-0.25, -0.2) is 9.97 Å². The first-order chi connectivity index (χ1) is 14.3. The molecule has 6 rings (SSSR count). The molecule has 1 N–H and O–H groups in total. The molecule has 0 radical (unpaired) electrons. The Bertz CT molecular complexity index is 1210. The van der Waals surface area contributed by atoms with Crippen molar-refractivity contribution in [3.63, 3.8) is 0 Å². The molecule has 7 nitrogen and oxygen atoms in total. The molecule has 0 bridgehead atoms. The summed E-state index contributed by atoms with van der Waals surface area (Å²) < 4.78 is 5.91. The van der Waals surface area contributed by atoms with Crippen LogP contribution in [0.5, 0.6) is 0 Å². The fourth-order valence-electron chi connectivity index (χ4n) is 4.08. The van der Waals surface area contributed by atoms with E-state index in [-0.39, 0.29) is 11.9 Å². The van der Waals surface area contributed by atoms with Crippen molar-refractivity contribution in [2.24, 2.45) is 0 Å². The molecule has 3 aromatic heterocycles. The molecule has 0 spiro atoms. The number of amides is 1. The number of carbonyl (C=O) groups is 1. The quantitative estimate of drug-likeness (QED) is 0.582. The highest BCUT2D eigenvalue weighted by molar-refractivity contribution is 5.97. The van der Waals surface area contributed by atoms with Gasteiger partial charge in [0.1, 0.15) is 11.6 Å². The molecule has 1 saturated carbocycles. The molecule has 1 amide bonds. The van der Waals surface area contributed by atoms with Crippen LogP contribution in [-0.2, 0) is 6.42 Å². The molecule has 0 saturated heterocycles. The van der Waals surface area contributed by atoms with E-state index in [1.165, 1.54) is 0 Å². The van der Waals surface area contributed by atoms with Crippen LogP contribution in [0.15, 0.2) is 53.3 Å². The van der Waals surface area contributed by atoms with Crippen molar-refractivity contribution in [3.05, 3.63) is 77.5 Å². The Balaban J connectivity index is 1.39. The number of imidazole rings is 1. The van der Waals surface area contributed by atoms with Crippen LogP contribution < -0.4 is 0 Å². The van der Waals surface area contributed by atoms with E-state index in [2.05, 4.69) is 19.9 Å². The SMILES string of the molecule is O=C(c1ccc2nc(C3CC3)oc2c1)N1CCc2[nH]cnc2[C@@H]1c1ccccn1. The molecule has 1 aliphatic heterocycles. The minimum atomic E-state index is -0.314. The summed E-state index contributed by atoms with van der Waals surface area (Å²) in [5, 5.41) is 0. The van der Waals surface area contributed by atoms with Gasteiger partial charge in [-0.05, 0) is 43.2 Å². The average molecular weight is 385 g/mol. The number of fused-ring (bicyclic) bond motifs is 2. The van der Waals surface area contributed by atoms with E-state index in [1.807, 2.05) is 41.3 Å². The lowest BCUT2D eigenvalue weighted by Gasteiger charge is -2.34. The van der Waals surface area contributed by atoms with E-state index in [9.17, 15) is 4.79 Å². The topological polar surface area (TPSA) is 87.9 Å². The van der Waals surface area contributed by atoms with Crippen LogP contribution in [0.4, 0.5) is 0 Å². The first kappa shape index (κ1) is 16.5. The van der Waals surface area contributed by atoms with Crippen LogP contribution in [0.2, 0.25) is 0 Å². The Morgan fingerprint density at radius 1 is 1.17 bits per heavy atom. The van der Waals surface area contributed by atoms with Crippen molar-refractivity contribution in [2.75, 3.05) is 6.54 Å². The average Bonchev–Trinajstić information content (AvgIpc) is 3.35. The van der Waals surface area contributed by atoms with Gasteiger partial charge in [-0.1, -0.05) is 6.07 Å². The van der Waals surface area contributed by atoms with E-state index < -0.39 is 0 Å². The number of nitrogens with one attached hydrogen (secondary N) is 1. The maximum atomic E-state index is 13.5. The lowest BCUT2D eigenvalue weighted by Crippen LogP contribution is -2.41. The van der Waals surface area contributed by atoms with Gasteiger partial charge in [0.2, 0.25) is 0 Å². The van der Waals surface area contributed by atoms with Crippen molar-refractivity contribution in [1.82, 2.24) is 24.8 Å². The monoisotopic (exact) mass is 385 g/mol. The molecular formula is C22H19N5O2. The molecule has 2 aliphatic rings. The largest absolute Gasteiger partial charge is 0.440 e. The van der Waals surface area contributed by atoms with Gasteiger partial charge < -0.3 is 14.3 Å². The molecule has 4 heterocycles. The highest BCUT2D eigenvalue weighted by Crippen LogP contribution is 2.40. The van der Waals surface area contributed by atoms with Gasteiger partial charge in [-0.15, -0.1) is 0 Å². The van der Waals surface area contributed by atoms with Crippen molar-refractivity contribution < 1.29 is 9.21 Å². The molecular weight excluding hydrogens is 366 g/mol. The molecule has 7 heteroatoms. The Morgan fingerprint density at radius 2 is 2.10 bits per heavy atom. The maximum absolute atomic E-state index is 13.5. The predicted molar refractivity (Wildman–Crippen MR) is 105 cm³/mol. The molecule has 4 aromatic rings. The lowest BCUT2D eigenvalue weighted by atomic mass is 9.98. The molecule has 1 atom stereocenters. The van der Waals surface area contributed by atoms with Gasteiger partial charge in [0, 0.05) is 36.3 Å². The summed E-state index contributed by atoms with van der Waals surface area (Å²) in [6.07, 6.45) is 6.43. The van der Waals surface area contributed by atoms with E-state index in [4.69, 9.17) is 4.42 Å². The van der Waals surface area contributed by atoms with Gasteiger partial charge in [0.05, 0.1) is 17.7 Å². The number of hydrogen-bond donors (Lipinski definition) is 1. The van der Waals surface area contributed by atoms with Crippen LogP contribution >= 0.6 is 0 Å². The Hall–Kier alpha value is -3.48. The standard InChI is InChI=1S/C22H19N5O2/c28-22(14-6-7-15-18(11-14)29-21(26-15)13-4-5-13)27-10-8-16-19(25-12-24-16)20(27)17-3-1-2-9-23-17/h1-3,6-7,9,11-13,20H,4-5,8,10H2,(H,24,25)/t20-/m0/s1. The van der Waals surface area contributed by atoms with Crippen LogP contribution in [0.3, 0.4) is 0 Å². The molecule has 1 aliphatic carbocycles. The summed E-state index contributed by atoms with van der Waals surface area (Å²) >= 11 is 0. The summed E-state index contributed by atoms with van der Waals surface area (Å²) in [6.45, 7) is 0.594. The summed E-state index contributed by atoms with van der Waals surface area (Å²) in [5.41, 5.74) is 4.80. The minimum Gasteiger partial charge on any atom is -0.440 e. The summed E-state index contributed by atoms with van der Waals surface area (Å²) in [6, 6.07) is 11.0. The second-order valence-corrected chi connectivity index (χ2v) is 7.68. The van der Waals surface area contributed by atoms with Crippen LogP contribution in [0, 0.1) is 0 Å². The molecule has 1 fully saturated rings. The molecule has 29 heavy (non-hydrogen) atoms. The first-order valence-electron chi connectivity index (χ1n) is 9.92. The van der Waals surface area contributed by atoms with E-state index in [1.54, 1.807) is 12.5 Å². The second kappa shape index (κ2) is 6.27. The van der Waals surface area contributed by atoms with E-state index >= 15 is 0 Å². The van der Waals surface area contributed by atoms with Gasteiger partial charge in [-0.2, -0.15) is 0 Å². The van der Waals surface area contributed by atoms with Crippen molar-refractivity contribution in [1.29, 1.82) is 0 Å². The zero-order valence-electron chi connectivity index (χ0n) is 15.7. The van der Waals surface area contributed by atoms with E-state index in [0.29, 0.717) is 23.6 Å². The minimum absolute atomic E-state index is 0.0550. The summed E-state index contributed by atoms with van der Waals surface area (Å²) in [7, 11) is 0. The molecule has 0 unspecified atom stereocenters. The Kier molecular flexibility index (Phi) is 3.56. The first-order valence-corrected chi connectivity index (χ1v) is 9.92. The number of benzene rings is 1. The Morgan fingerprint density at radius 3 is 2.93 bits per heavy atom. The number of oxazole rings is 1. The highest BCUT2D eigenvalue weighted by Gasteiger charge is 2.35. The number of hydrogen-bond acceptors (Lipinski definition) is 5. The van der Waals surface area contributed by atoms with Gasteiger partial charge in [-0.3, -0.25) is 9.78 Å². The number of pyridine rings is 1. The van der Waals surface area contributed by atoms with Crippen molar-refractivity contribution in [2.45, 2.75) is 31.2 Å². The van der Waals surface area contributed by atoms with Crippen LogP contribution in [0.25, 0.3) is 11.1 Å². The molecule has 144 valence electrons. The van der Waals surface area contributed by atoms with Crippen LogP contribution in [0.1, 0.15) is 58.1 Å². The van der Waals surface area contributed by atoms with Crippen molar-refractivity contribution in [3.8, 4) is 0 Å². The van der Waals surface area contributed by atoms with Crippen molar-refractivity contribution >= 4 is 17.0 Å². The number of rotatable bonds is 3. The zero-order chi connectivity index (χ0) is 19.4. The maximum Gasteiger partial charge on any atom is 0.254 e. The third-order valence-corrected chi connectivity index (χ3v) is 5.73. The fraction of sp³-hybridized carbons (Fsp3) is 0.273. The van der Waals surface area contributed by atoms with Gasteiger partial charge in [0.25, 0.3) is 5.91 Å².